The van der Waals surface area contributed by atoms with E-state index in [1.165, 1.54) is 39.1 Å². The molecule has 0 aliphatic heterocycles. The summed E-state index contributed by atoms with van der Waals surface area (Å²) < 4.78 is 54.9. The average Bonchev–Trinajstić information content (AvgIpc) is 1.53. The van der Waals surface area contributed by atoms with Gasteiger partial charge in [0, 0.05) is 82.0 Å². The molecule has 0 amide bonds. The molecule has 0 N–H and O–H groups in total. The average molecular weight is 1780 g/mol. The summed E-state index contributed by atoms with van der Waals surface area (Å²) in [7, 11) is 0. The smallest absolute Gasteiger partial charge is 1.00 e. The van der Waals surface area contributed by atoms with Gasteiger partial charge in [0.2, 0.25) is 0 Å². The fourth-order valence-corrected chi connectivity index (χ4v) is 18.3. The van der Waals surface area contributed by atoms with Gasteiger partial charge in [0.05, 0.1) is 73.0 Å². The Morgan fingerprint density at radius 3 is 1.10 bits per heavy atom. The summed E-state index contributed by atoms with van der Waals surface area (Å²) in [5, 5.41) is 40.6. The van der Waals surface area contributed by atoms with Crippen LogP contribution >= 0.6 is 0 Å². The molecule has 624 valence electrons. The third-order valence-corrected chi connectivity index (χ3v) is 23.9. The Hall–Kier alpha value is -14.7. The van der Waals surface area contributed by atoms with Crippen LogP contribution in [0.1, 0.15) is 31.1 Å². The van der Waals surface area contributed by atoms with Crippen molar-refractivity contribution in [2.45, 2.75) is 13.8 Å². The molecule has 133 heavy (non-hydrogen) atoms. The van der Waals surface area contributed by atoms with Crippen LogP contribution in [-0.4, -0.2) is 45.5 Å². The van der Waals surface area contributed by atoms with Crippen molar-refractivity contribution in [1.29, 1.82) is 10.5 Å². The monoisotopic (exact) mass is 1780 g/mol. The largest absolute Gasteiger partial charge is 1.00 e. The molecule has 0 saturated heterocycles. The fraction of sp³-hybridized carbons (Fsp3) is 0.0177. The summed E-state index contributed by atoms with van der Waals surface area (Å²) in [6.45, 7) is -0.181. The molecule has 25 rings (SSSR count). The van der Waals surface area contributed by atoms with Crippen molar-refractivity contribution in [3.8, 4) is 125 Å². The Morgan fingerprint density at radius 2 is 0.662 bits per heavy atom. The second-order valence-corrected chi connectivity index (χ2v) is 31.2. The molecule has 16 nitrogen and oxygen atoms in total. The number of carbonyl (C=O) groups is 1. The number of fused-ring (bicyclic) bond motifs is 21. The summed E-state index contributed by atoms with van der Waals surface area (Å²) in [4.78, 5) is 40.7. The molecule has 0 fully saturated rings. The van der Waals surface area contributed by atoms with Crippen LogP contribution in [0.15, 0.2) is 389 Å². The normalized spacial score (nSPS) is 11.2. The maximum atomic E-state index is 15.4. The first kappa shape index (κ1) is 87.6. The molecule has 0 spiro atoms. The Balaban J connectivity index is 0.000000159. The number of hydrogen-bond acceptors (Lipinski definition) is 14. The molecule has 1 aliphatic carbocycles. The number of carbonyl (C=O) groups excluding carboxylic acids is 1. The van der Waals surface area contributed by atoms with Crippen molar-refractivity contribution in [2.24, 2.45) is 0 Å². The summed E-state index contributed by atoms with van der Waals surface area (Å²) >= 11 is 0. The molecular formula is C113H70F2K2N10O6. The zero-order valence-corrected chi connectivity index (χ0v) is 77.0. The first-order valence-electron chi connectivity index (χ1n) is 42.0. The quantitative estimate of drug-likeness (QED) is 0.0508. The summed E-state index contributed by atoms with van der Waals surface area (Å²) in [5.74, 6) is -0.252. The molecule has 0 saturated carbocycles. The van der Waals surface area contributed by atoms with E-state index in [0.29, 0.717) is 56.9 Å². The van der Waals surface area contributed by atoms with Crippen molar-refractivity contribution in [3.63, 3.8) is 0 Å². The van der Waals surface area contributed by atoms with Crippen molar-refractivity contribution in [3.05, 3.63) is 410 Å². The van der Waals surface area contributed by atoms with E-state index in [4.69, 9.17) is 38.3 Å². The van der Waals surface area contributed by atoms with Crippen LogP contribution in [0.2, 0.25) is 0 Å². The van der Waals surface area contributed by atoms with Crippen LogP contribution in [0.25, 0.3) is 223 Å². The van der Waals surface area contributed by atoms with Gasteiger partial charge in [-0.2, -0.15) is 10.5 Å². The van der Waals surface area contributed by atoms with Crippen molar-refractivity contribution in [2.75, 3.05) is 0 Å². The molecule has 7 aromatic heterocycles. The van der Waals surface area contributed by atoms with Gasteiger partial charge in [-0.15, -0.1) is 0 Å². The number of aromatic nitrogens is 8. The number of furan rings is 3. The van der Waals surface area contributed by atoms with Gasteiger partial charge in [0.1, 0.15) is 33.5 Å². The molecular weight excluding hydrogens is 1710 g/mol. The number of hydrogen-bond donors (Lipinski definition) is 0. The number of nitriles is 2. The fourth-order valence-electron chi connectivity index (χ4n) is 18.3. The molecule has 7 heterocycles. The molecule has 24 aromatic rings. The van der Waals surface area contributed by atoms with E-state index in [2.05, 4.69) is 193 Å². The van der Waals surface area contributed by atoms with E-state index in [1.807, 2.05) is 188 Å². The second-order valence-electron chi connectivity index (χ2n) is 31.2. The van der Waals surface area contributed by atoms with E-state index in [0.717, 1.165) is 139 Å². The number of para-hydroxylation sites is 5. The number of benzene rings is 17. The van der Waals surface area contributed by atoms with Gasteiger partial charge in [-0.25, -0.2) is 38.7 Å². The second kappa shape index (κ2) is 37.6. The Kier molecular flexibility index (Phi) is 24.8. The number of rotatable bonds is 11. The van der Waals surface area contributed by atoms with E-state index < -0.39 is 11.6 Å². The first-order chi connectivity index (χ1) is 64.2. The minimum Gasteiger partial charge on any atom is -1.00 e. The Labute approximate surface area is 846 Å². The van der Waals surface area contributed by atoms with Crippen LogP contribution < -0.4 is 108 Å². The van der Waals surface area contributed by atoms with E-state index in [1.54, 1.807) is 30.3 Å². The summed E-state index contributed by atoms with van der Waals surface area (Å²) in [5.41, 5.74) is 21.9. The molecule has 17 aromatic carbocycles. The van der Waals surface area contributed by atoms with Gasteiger partial charge in [0.25, 0.3) is 6.47 Å². The Bertz CT molecular complexity index is 8620. The third kappa shape index (κ3) is 15.7. The maximum Gasteiger partial charge on any atom is 1.00 e. The van der Waals surface area contributed by atoms with Crippen LogP contribution in [0.3, 0.4) is 0 Å². The van der Waals surface area contributed by atoms with Crippen LogP contribution in [0.5, 0.6) is 0 Å². The summed E-state index contributed by atoms with van der Waals surface area (Å²) in [6, 6.07) is 128. The molecule has 0 unspecified atom stereocenters. The van der Waals surface area contributed by atoms with Gasteiger partial charge in [0.15, 0.2) is 46.6 Å². The van der Waals surface area contributed by atoms with Crippen LogP contribution in [0.4, 0.5) is 8.78 Å². The van der Waals surface area contributed by atoms with Gasteiger partial charge < -0.3 is 34.0 Å². The zero-order chi connectivity index (χ0) is 87.5. The van der Waals surface area contributed by atoms with Gasteiger partial charge in [-0.1, -0.05) is 311 Å². The van der Waals surface area contributed by atoms with Gasteiger partial charge >= 0.3 is 103 Å². The number of nitrogens with zero attached hydrogens (tertiary/aromatic N) is 10. The zero-order valence-electron chi connectivity index (χ0n) is 71.8. The van der Waals surface area contributed by atoms with E-state index in [9.17, 15) is 10.5 Å². The molecule has 0 bridgehead atoms. The molecule has 20 heteroatoms. The van der Waals surface area contributed by atoms with Crippen molar-refractivity contribution in [1.82, 2.24) is 39.0 Å². The third-order valence-electron chi connectivity index (χ3n) is 23.9. The SMILES string of the molecule is C.N#Cc1cc(-c2nc(-c3ccccc3)nc(-c3ccccc3)n2)c(-n2c3ccccc3c3ccc4oc5ccccc5c4c32)c(-n2c3ccccc3c3ccc4oc5ccccc5c4c32)c1-c1ccccc1.N#Cc1cc(-c2nc(-c3ccccc3)nc(-c3ccccc3)n2)c(F)c(F)c1-c1ccccc1.O=CO[O-].[H-].[K+].[K+].c1ccc2c(c1)Cc1c-2ccc2oc3ccccc3c12. The summed E-state index contributed by atoms with van der Waals surface area (Å²) in [6.07, 6.45) is 1.01. The topological polar surface area (TPSA) is 224 Å². The Morgan fingerprint density at radius 1 is 0.331 bits per heavy atom. The van der Waals surface area contributed by atoms with Crippen molar-refractivity contribution >= 4 is 116 Å². The predicted octanol–water partition coefficient (Wildman–Crippen LogP) is 21.4. The first-order valence-corrected chi connectivity index (χ1v) is 42.0. The van der Waals surface area contributed by atoms with Crippen LogP contribution in [-0.2, 0) is 16.1 Å². The minimum atomic E-state index is -1.12. The maximum absolute atomic E-state index is 15.4. The van der Waals surface area contributed by atoms with Gasteiger partial charge in [-0.05, 0) is 113 Å². The number of halogens is 2. The standard InChI is InChI=1S/C64H36N6O2.C28H16F2N4.C19H12O.CH2O3.CH4.2K.H/c65-37-41-36-48(64-67-62(39-20-6-2-7-21-39)66-63(68-64)40-22-8-3-9-23-40)60(69-49-28-14-10-24-42(49)44-32-34-53-56(58(44)69)46-26-12-16-30-51(46)71-53)61(55(41)38-18-4-1-5-19-38)70-50-29-15-11-25-43(50)45-33-35-54-57(59(45)70)47-27-13-17-31-52(47)72-54;29-24-22(16-21(17-31)23(25(24)30)18-10-4-1-5-11-18)28-33-26(19-12-6-2-7-13-19)32-27(34-28)20-14-8-3-9-15-20;1-2-6-13-12(5-1)11-16-14(13)9-10-18-19(16)15-7-3-4-8-17(15)20-18;2-1-4-3;;;;/h1-36H;1-16H;1-10H,11H2;1,3H;1H4;;;/q;;;;;2*+1;-1/p-1. The van der Waals surface area contributed by atoms with E-state index in [-0.39, 0.29) is 141 Å². The minimum absolute atomic E-state index is 0. The van der Waals surface area contributed by atoms with E-state index >= 15 is 8.78 Å². The van der Waals surface area contributed by atoms with Crippen molar-refractivity contribution < 1.29 is 141 Å². The predicted molar refractivity (Wildman–Crippen MR) is 513 cm³/mol. The van der Waals surface area contributed by atoms with Crippen LogP contribution in [0, 0.1) is 34.3 Å². The molecule has 1 aliphatic rings. The molecule has 0 radical (unpaired) electrons. The van der Waals surface area contributed by atoms with Gasteiger partial charge in [-0.3, -0.25) is 4.79 Å². The molecule has 0 atom stereocenters.